The van der Waals surface area contributed by atoms with Crippen molar-refractivity contribution >= 4 is 11.5 Å². The van der Waals surface area contributed by atoms with Gasteiger partial charge in [-0.05, 0) is 24.8 Å². The predicted molar refractivity (Wildman–Crippen MR) is 85.0 cm³/mol. The molecule has 0 radical (unpaired) electrons. The van der Waals surface area contributed by atoms with Crippen molar-refractivity contribution in [1.29, 1.82) is 0 Å². The summed E-state index contributed by atoms with van der Waals surface area (Å²) in [5.41, 5.74) is 9.36. The van der Waals surface area contributed by atoms with E-state index in [0.29, 0.717) is 0 Å². The summed E-state index contributed by atoms with van der Waals surface area (Å²) in [4.78, 5) is 2.20. The van der Waals surface area contributed by atoms with Crippen LogP contribution in [0, 0.1) is 0 Å². The third-order valence-electron chi connectivity index (χ3n) is 3.63. The number of aryl methyl sites for hydroxylation is 3. The van der Waals surface area contributed by atoms with Crippen LogP contribution in [-0.2, 0) is 19.9 Å². The highest BCUT2D eigenvalue weighted by Crippen LogP contribution is 2.25. The van der Waals surface area contributed by atoms with Gasteiger partial charge < -0.3 is 10.6 Å². The molecule has 0 atom stereocenters. The van der Waals surface area contributed by atoms with Crippen LogP contribution in [0.2, 0.25) is 0 Å². The molecule has 1 aromatic heterocycles. The van der Waals surface area contributed by atoms with E-state index in [0.717, 1.165) is 43.0 Å². The summed E-state index contributed by atoms with van der Waals surface area (Å²) in [6.07, 6.45) is 3.06. The van der Waals surface area contributed by atoms with Crippen molar-refractivity contribution in [2.75, 3.05) is 24.2 Å². The number of nitrogen functional groups attached to an aromatic ring is 1. The standard InChI is InChI=1S/C16H24N4/c1-4-14-15(17)16(20(3)18-14)19(2)12-8-11-13-9-6-5-7-10-13/h5-7,9-10H,4,8,11-12,17H2,1-3H3. The van der Waals surface area contributed by atoms with E-state index >= 15 is 0 Å². The smallest absolute Gasteiger partial charge is 0.150 e. The van der Waals surface area contributed by atoms with Gasteiger partial charge in [0.2, 0.25) is 0 Å². The second-order valence-corrected chi connectivity index (χ2v) is 5.17. The molecule has 4 nitrogen and oxygen atoms in total. The highest BCUT2D eigenvalue weighted by molar-refractivity contribution is 5.66. The minimum Gasteiger partial charge on any atom is -0.394 e. The molecular formula is C16H24N4. The average molecular weight is 272 g/mol. The lowest BCUT2D eigenvalue weighted by Gasteiger charge is -2.19. The van der Waals surface area contributed by atoms with E-state index in [1.165, 1.54) is 5.56 Å². The summed E-state index contributed by atoms with van der Waals surface area (Å²) in [5.74, 6) is 1.02. The second kappa shape index (κ2) is 6.46. The van der Waals surface area contributed by atoms with Crippen LogP contribution in [0.25, 0.3) is 0 Å². The Morgan fingerprint density at radius 3 is 2.55 bits per heavy atom. The third kappa shape index (κ3) is 3.13. The quantitative estimate of drug-likeness (QED) is 0.879. The van der Waals surface area contributed by atoms with Gasteiger partial charge in [0.15, 0.2) is 0 Å². The molecule has 0 unspecified atom stereocenters. The molecular weight excluding hydrogens is 248 g/mol. The number of anilines is 2. The first-order valence-electron chi connectivity index (χ1n) is 7.20. The third-order valence-corrected chi connectivity index (χ3v) is 3.63. The maximum absolute atomic E-state index is 6.17. The topological polar surface area (TPSA) is 47.1 Å². The van der Waals surface area contributed by atoms with Gasteiger partial charge in [-0.2, -0.15) is 5.10 Å². The first-order chi connectivity index (χ1) is 9.63. The van der Waals surface area contributed by atoms with Gasteiger partial charge >= 0.3 is 0 Å². The Bertz CT molecular complexity index is 545. The van der Waals surface area contributed by atoms with Gasteiger partial charge in [-0.1, -0.05) is 37.3 Å². The van der Waals surface area contributed by atoms with Gasteiger partial charge in [0.05, 0.1) is 11.4 Å². The molecule has 0 spiro atoms. The molecule has 0 bridgehead atoms. The zero-order valence-corrected chi connectivity index (χ0v) is 12.6. The Labute approximate surface area is 121 Å². The van der Waals surface area contributed by atoms with E-state index in [1.807, 2.05) is 11.7 Å². The number of aromatic nitrogens is 2. The summed E-state index contributed by atoms with van der Waals surface area (Å²) in [7, 11) is 4.04. The van der Waals surface area contributed by atoms with Crippen molar-refractivity contribution in [1.82, 2.24) is 9.78 Å². The molecule has 0 fully saturated rings. The van der Waals surface area contributed by atoms with E-state index < -0.39 is 0 Å². The molecule has 20 heavy (non-hydrogen) atoms. The molecule has 2 N–H and O–H groups in total. The fraction of sp³-hybridized carbons (Fsp3) is 0.438. The Hall–Kier alpha value is -1.97. The Balaban J connectivity index is 1.95. The molecule has 2 aromatic rings. The monoisotopic (exact) mass is 272 g/mol. The fourth-order valence-corrected chi connectivity index (χ4v) is 2.57. The van der Waals surface area contributed by atoms with Crippen LogP contribution in [0.4, 0.5) is 11.5 Å². The van der Waals surface area contributed by atoms with Gasteiger partial charge in [-0.25, -0.2) is 0 Å². The average Bonchev–Trinajstić information content (AvgIpc) is 2.74. The maximum Gasteiger partial charge on any atom is 0.150 e. The first-order valence-corrected chi connectivity index (χ1v) is 7.20. The van der Waals surface area contributed by atoms with Crippen molar-refractivity contribution in [3.05, 3.63) is 41.6 Å². The van der Waals surface area contributed by atoms with Crippen LogP contribution in [-0.4, -0.2) is 23.4 Å². The number of hydrogen-bond donors (Lipinski definition) is 1. The van der Waals surface area contributed by atoms with Crippen molar-refractivity contribution in [2.45, 2.75) is 26.2 Å². The molecule has 4 heteroatoms. The summed E-state index contributed by atoms with van der Waals surface area (Å²) in [6, 6.07) is 10.6. The van der Waals surface area contributed by atoms with E-state index in [9.17, 15) is 0 Å². The van der Waals surface area contributed by atoms with E-state index in [4.69, 9.17) is 5.73 Å². The second-order valence-electron chi connectivity index (χ2n) is 5.17. The lowest BCUT2D eigenvalue weighted by Crippen LogP contribution is -2.22. The zero-order valence-electron chi connectivity index (χ0n) is 12.6. The minimum atomic E-state index is 0.817. The van der Waals surface area contributed by atoms with Crippen molar-refractivity contribution < 1.29 is 0 Å². The molecule has 0 aliphatic rings. The minimum absolute atomic E-state index is 0.817. The van der Waals surface area contributed by atoms with Gasteiger partial charge in [0, 0.05) is 20.6 Å². The zero-order chi connectivity index (χ0) is 14.5. The molecule has 0 aliphatic heterocycles. The van der Waals surface area contributed by atoms with E-state index in [1.54, 1.807) is 0 Å². The molecule has 1 heterocycles. The van der Waals surface area contributed by atoms with Crippen LogP contribution in [0.15, 0.2) is 30.3 Å². The van der Waals surface area contributed by atoms with Crippen LogP contribution < -0.4 is 10.6 Å². The molecule has 0 saturated heterocycles. The van der Waals surface area contributed by atoms with Crippen LogP contribution >= 0.6 is 0 Å². The van der Waals surface area contributed by atoms with Crippen molar-refractivity contribution in [2.24, 2.45) is 7.05 Å². The van der Waals surface area contributed by atoms with Crippen molar-refractivity contribution in [3.8, 4) is 0 Å². The normalized spacial score (nSPS) is 10.8. The molecule has 0 amide bonds. The van der Waals surface area contributed by atoms with E-state index in [-0.39, 0.29) is 0 Å². The van der Waals surface area contributed by atoms with Gasteiger partial charge in [0.1, 0.15) is 5.82 Å². The van der Waals surface area contributed by atoms with E-state index in [2.05, 4.69) is 54.3 Å². The predicted octanol–water partition coefficient (Wildman–Crippen LogP) is 2.63. The van der Waals surface area contributed by atoms with Gasteiger partial charge in [-0.3, -0.25) is 4.68 Å². The Morgan fingerprint density at radius 1 is 1.25 bits per heavy atom. The molecule has 0 saturated carbocycles. The molecule has 1 aromatic carbocycles. The fourth-order valence-electron chi connectivity index (χ4n) is 2.57. The SMILES string of the molecule is CCc1nn(C)c(N(C)CCCc2ccccc2)c1N. The molecule has 2 rings (SSSR count). The van der Waals surface area contributed by atoms with Crippen LogP contribution in [0.5, 0.6) is 0 Å². The number of nitrogens with zero attached hydrogens (tertiary/aromatic N) is 3. The molecule has 108 valence electrons. The highest BCUT2D eigenvalue weighted by atomic mass is 15.4. The van der Waals surface area contributed by atoms with Crippen LogP contribution in [0.1, 0.15) is 24.6 Å². The number of hydrogen-bond acceptors (Lipinski definition) is 3. The lowest BCUT2D eigenvalue weighted by atomic mass is 10.1. The molecule has 0 aliphatic carbocycles. The number of nitrogens with two attached hydrogens (primary N) is 1. The first kappa shape index (κ1) is 14.4. The van der Waals surface area contributed by atoms with Gasteiger partial charge in [0.25, 0.3) is 0 Å². The summed E-state index contributed by atoms with van der Waals surface area (Å²) in [6.45, 7) is 3.06. The largest absolute Gasteiger partial charge is 0.394 e. The van der Waals surface area contributed by atoms with Crippen molar-refractivity contribution in [3.63, 3.8) is 0 Å². The summed E-state index contributed by atoms with van der Waals surface area (Å²) >= 11 is 0. The highest BCUT2D eigenvalue weighted by Gasteiger charge is 2.15. The van der Waals surface area contributed by atoms with Gasteiger partial charge in [-0.15, -0.1) is 0 Å². The Kier molecular flexibility index (Phi) is 4.66. The Morgan fingerprint density at radius 2 is 1.95 bits per heavy atom. The summed E-state index contributed by atoms with van der Waals surface area (Å²) < 4.78 is 1.89. The van der Waals surface area contributed by atoms with Crippen LogP contribution in [0.3, 0.4) is 0 Å². The number of benzene rings is 1. The number of rotatable bonds is 6. The lowest BCUT2D eigenvalue weighted by molar-refractivity contribution is 0.704. The maximum atomic E-state index is 6.17. The summed E-state index contributed by atoms with van der Waals surface area (Å²) in [5, 5.41) is 4.47.